The smallest absolute Gasteiger partial charge is 0.240 e. The van der Waals surface area contributed by atoms with Gasteiger partial charge in [-0.3, -0.25) is 9.59 Å². The van der Waals surface area contributed by atoms with E-state index in [1.54, 1.807) is 4.90 Å². The Hall–Kier alpha value is -1.06. The molecular weight excluding hydrogens is 252 g/mol. The third kappa shape index (κ3) is 3.74. The van der Waals surface area contributed by atoms with Gasteiger partial charge in [-0.2, -0.15) is 0 Å². The van der Waals surface area contributed by atoms with Crippen molar-refractivity contribution in [2.75, 3.05) is 6.54 Å². The maximum atomic E-state index is 12.2. The molecule has 1 saturated heterocycles. The van der Waals surface area contributed by atoms with E-state index in [1.807, 2.05) is 0 Å². The molecule has 4 nitrogen and oxygen atoms in total. The largest absolute Gasteiger partial charge is 0.368 e. The standard InChI is InChI=1S/C16H28N2O2/c1-2-6-13-10-15(19)18(11-13)14(16(17)20)9-12-7-4-3-5-8-12/h12-14H,2-11H2,1H3,(H2,17,20). The summed E-state index contributed by atoms with van der Waals surface area (Å²) in [5, 5.41) is 0. The number of likely N-dealkylation sites (tertiary alicyclic amines) is 1. The predicted molar refractivity (Wildman–Crippen MR) is 78.9 cm³/mol. The van der Waals surface area contributed by atoms with E-state index in [-0.39, 0.29) is 17.9 Å². The molecule has 0 bridgehead atoms. The molecule has 0 aromatic carbocycles. The minimum atomic E-state index is -0.368. The van der Waals surface area contributed by atoms with Crippen molar-refractivity contribution in [3.8, 4) is 0 Å². The van der Waals surface area contributed by atoms with E-state index in [1.165, 1.54) is 32.1 Å². The van der Waals surface area contributed by atoms with Crippen molar-refractivity contribution < 1.29 is 9.59 Å². The highest BCUT2D eigenvalue weighted by molar-refractivity contribution is 5.87. The van der Waals surface area contributed by atoms with Crippen LogP contribution >= 0.6 is 0 Å². The van der Waals surface area contributed by atoms with Gasteiger partial charge in [0, 0.05) is 13.0 Å². The molecule has 20 heavy (non-hydrogen) atoms. The van der Waals surface area contributed by atoms with Gasteiger partial charge in [-0.05, 0) is 24.7 Å². The molecule has 1 saturated carbocycles. The molecule has 0 aromatic heterocycles. The van der Waals surface area contributed by atoms with Crippen molar-refractivity contribution in [3.05, 3.63) is 0 Å². The molecule has 1 heterocycles. The molecule has 1 aliphatic carbocycles. The summed E-state index contributed by atoms with van der Waals surface area (Å²) in [6.07, 6.45) is 9.72. The molecule has 2 atom stereocenters. The van der Waals surface area contributed by atoms with Crippen LogP contribution in [0.25, 0.3) is 0 Å². The minimum Gasteiger partial charge on any atom is -0.368 e. The lowest BCUT2D eigenvalue weighted by molar-refractivity contribution is -0.136. The fourth-order valence-corrected chi connectivity index (χ4v) is 3.85. The Labute approximate surface area is 122 Å². The lowest BCUT2D eigenvalue weighted by Gasteiger charge is -2.30. The summed E-state index contributed by atoms with van der Waals surface area (Å²) in [6, 6.07) is -0.368. The average Bonchev–Trinajstić information content (AvgIpc) is 2.78. The zero-order chi connectivity index (χ0) is 14.5. The van der Waals surface area contributed by atoms with Gasteiger partial charge in [-0.15, -0.1) is 0 Å². The Kier molecular flexibility index (Phi) is 5.44. The lowest BCUT2D eigenvalue weighted by atomic mass is 9.84. The van der Waals surface area contributed by atoms with Crippen LogP contribution in [0.5, 0.6) is 0 Å². The van der Waals surface area contributed by atoms with Gasteiger partial charge in [-0.25, -0.2) is 0 Å². The Balaban J connectivity index is 1.97. The first kappa shape index (κ1) is 15.3. The third-order valence-electron chi connectivity index (χ3n) is 4.92. The molecule has 0 radical (unpaired) electrons. The van der Waals surface area contributed by atoms with E-state index in [4.69, 9.17) is 5.73 Å². The maximum Gasteiger partial charge on any atom is 0.240 e. The second-order valence-corrected chi connectivity index (χ2v) is 6.56. The lowest BCUT2D eigenvalue weighted by Crippen LogP contribution is -2.46. The first-order valence-electron chi connectivity index (χ1n) is 8.20. The molecule has 2 unspecified atom stereocenters. The van der Waals surface area contributed by atoms with Gasteiger partial charge >= 0.3 is 0 Å². The van der Waals surface area contributed by atoms with Crippen LogP contribution in [0.2, 0.25) is 0 Å². The summed E-state index contributed by atoms with van der Waals surface area (Å²) in [5.74, 6) is 0.795. The Morgan fingerprint density at radius 1 is 1.30 bits per heavy atom. The molecule has 2 amide bonds. The Bertz CT molecular complexity index is 350. The van der Waals surface area contributed by atoms with Crippen LogP contribution in [0.1, 0.15) is 64.7 Å². The van der Waals surface area contributed by atoms with Gasteiger partial charge < -0.3 is 10.6 Å². The highest BCUT2D eigenvalue weighted by Gasteiger charge is 2.37. The van der Waals surface area contributed by atoms with Crippen molar-refractivity contribution in [2.45, 2.75) is 70.8 Å². The van der Waals surface area contributed by atoms with Gasteiger partial charge in [0.2, 0.25) is 11.8 Å². The zero-order valence-corrected chi connectivity index (χ0v) is 12.6. The van der Waals surface area contributed by atoms with Gasteiger partial charge in [0.1, 0.15) is 6.04 Å². The van der Waals surface area contributed by atoms with Gasteiger partial charge in [0.05, 0.1) is 0 Å². The quantitative estimate of drug-likeness (QED) is 0.812. The molecular formula is C16H28N2O2. The molecule has 0 aromatic rings. The number of primary amides is 1. The molecule has 2 aliphatic rings. The number of amides is 2. The van der Waals surface area contributed by atoms with Crippen LogP contribution in [0.3, 0.4) is 0 Å². The van der Waals surface area contributed by atoms with E-state index in [0.717, 1.165) is 25.8 Å². The van der Waals surface area contributed by atoms with Crippen LogP contribution in [-0.2, 0) is 9.59 Å². The van der Waals surface area contributed by atoms with Crippen molar-refractivity contribution in [3.63, 3.8) is 0 Å². The van der Waals surface area contributed by atoms with Crippen molar-refractivity contribution in [2.24, 2.45) is 17.6 Å². The second kappa shape index (κ2) is 7.09. The highest BCUT2D eigenvalue weighted by atomic mass is 16.2. The minimum absolute atomic E-state index is 0.128. The maximum absolute atomic E-state index is 12.2. The van der Waals surface area contributed by atoms with Crippen LogP contribution in [0.4, 0.5) is 0 Å². The summed E-state index contributed by atoms with van der Waals surface area (Å²) in [7, 11) is 0. The van der Waals surface area contributed by atoms with Crippen molar-refractivity contribution in [1.29, 1.82) is 0 Å². The number of rotatable bonds is 6. The van der Waals surface area contributed by atoms with Gasteiger partial charge in [0.25, 0.3) is 0 Å². The van der Waals surface area contributed by atoms with Crippen LogP contribution in [0.15, 0.2) is 0 Å². The number of nitrogens with two attached hydrogens (primary N) is 1. The summed E-state index contributed by atoms with van der Waals surface area (Å²) < 4.78 is 0. The van der Waals surface area contributed by atoms with Crippen LogP contribution < -0.4 is 5.73 Å². The zero-order valence-electron chi connectivity index (χ0n) is 12.6. The number of carbonyl (C=O) groups excluding carboxylic acids is 2. The van der Waals surface area contributed by atoms with E-state index in [9.17, 15) is 9.59 Å². The number of nitrogens with zero attached hydrogens (tertiary/aromatic N) is 1. The summed E-state index contributed by atoms with van der Waals surface area (Å²) in [5.41, 5.74) is 5.58. The number of hydrogen-bond donors (Lipinski definition) is 1. The van der Waals surface area contributed by atoms with Gasteiger partial charge in [-0.1, -0.05) is 45.4 Å². The SMILES string of the molecule is CCCC1CC(=O)N(C(CC2CCCCC2)C(N)=O)C1. The molecule has 4 heteroatoms. The normalized spacial score (nSPS) is 25.9. The number of carbonyl (C=O) groups is 2. The van der Waals surface area contributed by atoms with E-state index in [0.29, 0.717) is 18.3 Å². The first-order chi connectivity index (χ1) is 9.61. The fraction of sp³-hybridized carbons (Fsp3) is 0.875. The van der Waals surface area contributed by atoms with E-state index >= 15 is 0 Å². The highest BCUT2D eigenvalue weighted by Crippen LogP contribution is 2.31. The summed E-state index contributed by atoms with van der Waals surface area (Å²) in [6.45, 7) is 2.87. The third-order valence-corrected chi connectivity index (χ3v) is 4.92. The van der Waals surface area contributed by atoms with E-state index < -0.39 is 0 Å². The van der Waals surface area contributed by atoms with Gasteiger partial charge in [0.15, 0.2) is 0 Å². The molecule has 2 rings (SSSR count). The molecule has 0 spiro atoms. The summed E-state index contributed by atoms with van der Waals surface area (Å²) >= 11 is 0. The topological polar surface area (TPSA) is 63.4 Å². The monoisotopic (exact) mass is 280 g/mol. The second-order valence-electron chi connectivity index (χ2n) is 6.56. The van der Waals surface area contributed by atoms with Crippen LogP contribution in [-0.4, -0.2) is 29.3 Å². The first-order valence-corrected chi connectivity index (χ1v) is 8.20. The van der Waals surface area contributed by atoms with Crippen LogP contribution in [0, 0.1) is 11.8 Å². The molecule has 114 valence electrons. The molecule has 2 N–H and O–H groups in total. The van der Waals surface area contributed by atoms with Crippen molar-refractivity contribution in [1.82, 2.24) is 4.90 Å². The molecule has 2 fully saturated rings. The summed E-state index contributed by atoms with van der Waals surface area (Å²) in [4.78, 5) is 25.7. The number of hydrogen-bond acceptors (Lipinski definition) is 2. The van der Waals surface area contributed by atoms with E-state index in [2.05, 4.69) is 6.92 Å². The Morgan fingerprint density at radius 2 is 2.00 bits per heavy atom. The Morgan fingerprint density at radius 3 is 2.60 bits per heavy atom. The van der Waals surface area contributed by atoms with Crippen molar-refractivity contribution >= 4 is 11.8 Å². The fourth-order valence-electron chi connectivity index (χ4n) is 3.85. The average molecular weight is 280 g/mol. The molecule has 1 aliphatic heterocycles. The predicted octanol–water partition coefficient (Wildman–Crippen LogP) is 2.46.